The summed E-state index contributed by atoms with van der Waals surface area (Å²) in [4.78, 5) is 0. The second-order valence-corrected chi connectivity index (χ2v) is 10.2. The van der Waals surface area contributed by atoms with E-state index in [4.69, 9.17) is 0 Å². The van der Waals surface area contributed by atoms with Crippen LogP contribution in [0.5, 0.6) is 0 Å². The van der Waals surface area contributed by atoms with Gasteiger partial charge in [-0.05, 0) is 50.8 Å². The third kappa shape index (κ3) is 2.91. The van der Waals surface area contributed by atoms with Gasteiger partial charge in [-0.2, -0.15) is 5.06 Å². The first kappa shape index (κ1) is 14.3. The van der Waals surface area contributed by atoms with Crippen molar-refractivity contribution in [1.29, 1.82) is 0 Å². The van der Waals surface area contributed by atoms with E-state index in [1.807, 2.05) is 27.7 Å². The molecular formula is C10H21NO3S2. The van der Waals surface area contributed by atoms with Crippen molar-refractivity contribution in [2.75, 3.05) is 12.0 Å². The van der Waals surface area contributed by atoms with Crippen molar-refractivity contribution in [3.63, 3.8) is 0 Å². The molecule has 1 aliphatic rings. The molecule has 1 fully saturated rings. The van der Waals surface area contributed by atoms with Crippen molar-refractivity contribution in [3.8, 4) is 0 Å². The first-order chi connectivity index (χ1) is 6.97. The molecular weight excluding hydrogens is 246 g/mol. The number of hydroxylamine groups is 2. The maximum Gasteiger partial charge on any atom is 0.198 e. The Hall–Kier alpha value is 0.220. The van der Waals surface area contributed by atoms with Crippen LogP contribution < -0.4 is 0 Å². The van der Waals surface area contributed by atoms with E-state index in [1.165, 1.54) is 11.3 Å². The fraction of sp³-hybridized carbons (Fsp3) is 1.00. The van der Waals surface area contributed by atoms with Crippen LogP contribution in [0.15, 0.2) is 0 Å². The van der Waals surface area contributed by atoms with Crippen molar-refractivity contribution in [3.05, 3.63) is 0 Å². The first-order valence-electron chi connectivity index (χ1n) is 5.30. The Labute approximate surface area is 102 Å². The summed E-state index contributed by atoms with van der Waals surface area (Å²) in [6.45, 7) is 7.85. The van der Waals surface area contributed by atoms with Crippen molar-refractivity contribution in [1.82, 2.24) is 5.06 Å². The van der Waals surface area contributed by atoms with Gasteiger partial charge in [-0.3, -0.25) is 0 Å². The molecule has 1 saturated heterocycles. The minimum atomic E-state index is -3.00. The Morgan fingerprint density at radius 1 is 1.38 bits per heavy atom. The number of nitrogens with zero attached hydrogens (tertiary/aromatic N) is 1. The van der Waals surface area contributed by atoms with Crippen LogP contribution in [0.25, 0.3) is 0 Å². The first-order valence-corrected chi connectivity index (χ1v) is 8.70. The lowest BCUT2D eigenvalue weighted by molar-refractivity contribution is -0.195. The predicted octanol–water partition coefficient (Wildman–Crippen LogP) is 1.95. The molecule has 0 aromatic rings. The zero-order valence-electron chi connectivity index (χ0n) is 10.5. The summed E-state index contributed by atoms with van der Waals surface area (Å²) in [5.41, 5.74) is -0.659. The van der Waals surface area contributed by atoms with E-state index in [1.54, 1.807) is 0 Å². The smallest absolute Gasteiger partial charge is 0.198 e. The molecule has 0 spiro atoms. The van der Waals surface area contributed by atoms with Crippen molar-refractivity contribution >= 4 is 19.7 Å². The van der Waals surface area contributed by atoms with Gasteiger partial charge >= 0.3 is 0 Å². The molecule has 0 amide bonds. The zero-order valence-corrected chi connectivity index (χ0v) is 12.2. The molecule has 16 heavy (non-hydrogen) atoms. The van der Waals surface area contributed by atoms with E-state index in [-0.39, 0.29) is 17.0 Å². The molecule has 1 atom stereocenters. The fourth-order valence-electron chi connectivity index (χ4n) is 2.36. The highest BCUT2D eigenvalue weighted by Crippen LogP contribution is 2.45. The monoisotopic (exact) mass is 267 g/mol. The molecule has 96 valence electrons. The second kappa shape index (κ2) is 4.15. The summed E-state index contributed by atoms with van der Waals surface area (Å²) in [5.74, 6) is 0.707. The predicted molar refractivity (Wildman–Crippen MR) is 67.2 cm³/mol. The summed E-state index contributed by atoms with van der Waals surface area (Å²) in [7, 11) is -2.03. The van der Waals surface area contributed by atoms with Crippen molar-refractivity contribution in [2.45, 2.75) is 45.2 Å². The molecule has 0 aliphatic carbocycles. The van der Waals surface area contributed by atoms with Crippen LogP contribution in [0.2, 0.25) is 0 Å². The van der Waals surface area contributed by atoms with E-state index < -0.39 is 8.87 Å². The quantitative estimate of drug-likeness (QED) is 0.792. The maximum absolute atomic E-state index is 11.1. The van der Waals surface area contributed by atoms with Crippen LogP contribution in [0.1, 0.15) is 34.1 Å². The fourth-order valence-corrected chi connectivity index (χ4v) is 4.53. The Morgan fingerprint density at radius 2 is 1.88 bits per heavy atom. The molecule has 1 unspecified atom stereocenters. The highest BCUT2D eigenvalue weighted by atomic mass is 33.1. The van der Waals surface area contributed by atoms with Crippen LogP contribution >= 0.6 is 10.8 Å². The van der Waals surface area contributed by atoms with Crippen LogP contribution in [-0.4, -0.2) is 41.8 Å². The minimum Gasteiger partial charge on any atom is -0.313 e. The molecule has 0 radical (unpaired) electrons. The zero-order chi connectivity index (χ0) is 12.8. The highest BCUT2D eigenvalue weighted by molar-refractivity contribution is 8.71. The normalized spacial score (nSPS) is 29.5. The molecule has 1 N–H and O–H groups in total. The van der Waals surface area contributed by atoms with Gasteiger partial charge in [-0.15, -0.1) is 0 Å². The Balaban J connectivity index is 2.77. The third-order valence-corrected chi connectivity index (χ3v) is 6.01. The van der Waals surface area contributed by atoms with Gasteiger partial charge in [0, 0.05) is 23.1 Å². The summed E-state index contributed by atoms with van der Waals surface area (Å²) < 4.78 is 22.3. The average molecular weight is 267 g/mol. The second-order valence-electron chi connectivity index (χ2n) is 5.67. The Bertz CT molecular complexity index is 362. The third-order valence-electron chi connectivity index (χ3n) is 3.35. The Morgan fingerprint density at radius 3 is 2.19 bits per heavy atom. The highest BCUT2D eigenvalue weighted by Gasteiger charge is 2.51. The van der Waals surface area contributed by atoms with Crippen LogP contribution in [-0.2, 0) is 8.87 Å². The molecule has 1 rings (SSSR count). The Kier molecular flexibility index (Phi) is 3.71. The van der Waals surface area contributed by atoms with Gasteiger partial charge in [0.05, 0.1) is 0 Å². The van der Waals surface area contributed by atoms with Crippen molar-refractivity contribution in [2.24, 2.45) is 5.92 Å². The van der Waals surface area contributed by atoms with Gasteiger partial charge in [0.1, 0.15) is 0 Å². The molecule has 0 bridgehead atoms. The van der Waals surface area contributed by atoms with Gasteiger partial charge in [0.2, 0.25) is 0 Å². The number of hydrogen-bond donors (Lipinski definition) is 1. The van der Waals surface area contributed by atoms with Gasteiger partial charge < -0.3 is 5.21 Å². The van der Waals surface area contributed by atoms with Crippen molar-refractivity contribution < 1.29 is 13.6 Å². The van der Waals surface area contributed by atoms with E-state index in [9.17, 15) is 13.6 Å². The van der Waals surface area contributed by atoms with E-state index in [0.29, 0.717) is 5.75 Å². The molecule has 0 saturated carbocycles. The topological polar surface area (TPSA) is 57.6 Å². The van der Waals surface area contributed by atoms with Crippen LogP contribution in [0.4, 0.5) is 0 Å². The molecule has 1 aliphatic heterocycles. The number of rotatable bonds is 3. The lowest BCUT2D eigenvalue weighted by Crippen LogP contribution is -2.47. The summed E-state index contributed by atoms with van der Waals surface area (Å²) in [6, 6.07) is 0. The van der Waals surface area contributed by atoms with Crippen LogP contribution in [0, 0.1) is 5.92 Å². The van der Waals surface area contributed by atoms with Gasteiger partial charge in [-0.25, -0.2) is 8.42 Å². The van der Waals surface area contributed by atoms with E-state index >= 15 is 0 Å². The summed E-state index contributed by atoms with van der Waals surface area (Å²) in [5, 5.41) is 11.4. The minimum absolute atomic E-state index is 0.173. The standard InChI is InChI=1S/C10H21NO3S2/c1-9(2)6-8(7-15-16(5,13)14)10(3,4)11(9)12/h8,12H,6-7H2,1-5H3. The SMILES string of the molecule is CC1(C)CC(CSS(C)(=O)=O)C(C)(C)N1O. The molecule has 6 heteroatoms. The van der Waals surface area contributed by atoms with Crippen LogP contribution in [0.3, 0.4) is 0 Å². The van der Waals surface area contributed by atoms with Gasteiger partial charge in [0.25, 0.3) is 0 Å². The lowest BCUT2D eigenvalue weighted by Gasteiger charge is -2.35. The largest absolute Gasteiger partial charge is 0.313 e. The maximum atomic E-state index is 11.1. The van der Waals surface area contributed by atoms with Gasteiger partial charge in [-0.1, -0.05) is 0 Å². The molecule has 1 heterocycles. The van der Waals surface area contributed by atoms with E-state index in [2.05, 4.69) is 0 Å². The molecule has 0 aromatic carbocycles. The van der Waals surface area contributed by atoms with Gasteiger partial charge in [0.15, 0.2) is 8.87 Å². The van der Waals surface area contributed by atoms with E-state index in [0.717, 1.165) is 17.2 Å². The average Bonchev–Trinajstić information content (AvgIpc) is 2.22. The number of hydrogen-bond acceptors (Lipinski definition) is 5. The lowest BCUT2D eigenvalue weighted by atomic mass is 9.89. The molecule has 0 aromatic heterocycles. The summed E-state index contributed by atoms with van der Waals surface area (Å²) >= 11 is 0. The summed E-state index contributed by atoms with van der Waals surface area (Å²) in [6.07, 6.45) is 2.03. The molecule has 4 nitrogen and oxygen atoms in total.